The zero-order valence-electron chi connectivity index (χ0n) is 10.8. The minimum Gasteiger partial charge on any atom is -0.466 e. The molecule has 0 aromatic rings. The van der Waals surface area contributed by atoms with Gasteiger partial charge in [-0.15, -0.1) is 0 Å². The van der Waals surface area contributed by atoms with Crippen LogP contribution in [0.2, 0.25) is 0 Å². The van der Waals surface area contributed by atoms with Gasteiger partial charge in [-0.25, -0.2) is 0 Å². The van der Waals surface area contributed by atoms with Gasteiger partial charge >= 0.3 is 5.97 Å². The molecule has 0 aromatic carbocycles. The van der Waals surface area contributed by atoms with Crippen LogP contribution in [0, 0.1) is 17.8 Å². The highest BCUT2D eigenvalue weighted by molar-refractivity contribution is 7.86. The lowest BCUT2D eigenvalue weighted by molar-refractivity contribution is -0.155. The predicted molar refractivity (Wildman–Crippen MR) is 65.3 cm³/mol. The number of hydrogen-bond donors (Lipinski definition) is 0. The van der Waals surface area contributed by atoms with Gasteiger partial charge in [0, 0.05) is 0 Å². The van der Waals surface area contributed by atoms with E-state index in [1.165, 1.54) is 0 Å². The highest BCUT2D eigenvalue weighted by atomic mass is 32.2. The maximum Gasteiger partial charge on any atom is 0.311 e. The summed E-state index contributed by atoms with van der Waals surface area (Å²) in [5, 5.41) is 0. The maximum absolute atomic E-state index is 12.0. The summed E-state index contributed by atoms with van der Waals surface area (Å²) in [7, 11) is -3.53. The second-order valence-electron chi connectivity index (χ2n) is 5.29. The largest absolute Gasteiger partial charge is 0.466 e. The number of ether oxygens (including phenoxy) is 1. The Labute approximate surface area is 108 Å². The standard InChI is InChI=1S/C12H20O5S/c1-3-16-12(13)11-9-5-4-8(6-9)7-10(11)17-18(2,14)15/h8-11H,3-7H2,1-2H3/t8-,9?,10?,11?/m1/s1. The number of fused-ring (bicyclic) bond motifs is 2. The van der Waals surface area contributed by atoms with E-state index in [4.69, 9.17) is 8.92 Å². The number of carbonyl (C=O) groups is 1. The van der Waals surface area contributed by atoms with E-state index in [-0.39, 0.29) is 11.9 Å². The van der Waals surface area contributed by atoms with Gasteiger partial charge in [0.2, 0.25) is 0 Å². The van der Waals surface area contributed by atoms with Crippen LogP contribution < -0.4 is 0 Å². The first kappa shape index (κ1) is 13.8. The van der Waals surface area contributed by atoms with Crippen molar-refractivity contribution in [3.05, 3.63) is 0 Å². The third-order valence-corrected chi connectivity index (χ3v) is 4.51. The smallest absolute Gasteiger partial charge is 0.311 e. The second-order valence-corrected chi connectivity index (χ2v) is 6.89. The van der Waals surface area contributed by atoms with Crippen molar-refractivity contribution in [1.82, 2.24) is 0 Å². The van der Waals surface area contributed by atoms with Crippen LogP contribution in [-0.2, 0) is 23.8 Å². The molecule has 0 N–H and O–H groups in total. The SMILES string of the molecule is CCOC(=O)C1C2CC[C@H](C2)CC1OS(C)(=O)=O. The fraction of sp³-hybridized carbons (Fsp3) is 0.917. The van der Waals surface area contributed by atoms with Crippen molar-refractivity contribution in [3.63, 3.8) is 0 Å². The summed E-state index contributed by atoms with van der Waals surface area (Å²) < 4.78 is 32.7. The van der Waals surface area contributed by atoms with Crippen molar-refractivity contribution in [3.8, 4) is 0 Å². The Morgan fingerprint density at radius 3 is 2.61 bits per heavy atom. The van der Waals surface area contributed by atoms with Crippen LogP contribution in [-0.4, -0.2) is 33.4 Å². The topological polar surface area (TPSA) is 69.7 Å². The Hall–Kier alpha value is -0.620. The molecular formula is C12H20O5S. The van der Waals surface area contributed by atoms with Gasteiger partial charge in [0.05, 0.1) is 24.9 Å². The average molecular weight is 276 g/mol. The molecule has 104 valence electrons. The summed E-state index contributed by atoms with van der Waals surface area (Å²) >= 11 is 0. The fourth-order valence-corrected chi connectivity index (χ4v) is 3.99. The zero-order valence-corrected chi connectivity index (χ0v) is 11.6. The third kappa shape index (κ3) is 3.03. The summed E-state index contributed by atoms with van der Waals surface area (Å²) in [6, 6.07) is 0. The summed E-state index contributed by atoms with van der Waals surface area (Å²) in [6.07, 6.45) is 4.17. The maximum atomic E-state index is 12.0. The van der Waals surface area contributed by atoms with Crippen molar-refractivity contribution in [2.45, 2.75) is 38.7 Å². The first-order valence-corrected chi connectivity index (χ1v) is 8.27. The van der Waals surface area contributed by atoms with E-state index in [1.807, 2.05) is 0 Å². The van der Waals surface area contributed by atoms with Crippen LogP contribution in [0.15, 0.2) is 0 Å². The average Bonchev–Trinajstić information content (AvgIpc) is 2.58. The van der Waals surface area contributed by atoms with E-state index in [2.05, 4.69) is 0 Å². The van der Waals surface area contributed by atoms with E-state index in [1.54, 1.807) is 6.92 Å². The van der Waals surface area contributed by atoms with E-state index >= 15 is 0 Å². The molecule has 2 fully saturated rings. The van der Waals surface area contributed by atoms with Crippen LogP contribution >= 0.6 is 0 Å². The predicted octanol–water partition coefficient (Wildman–Crippen LogP) is 1.33. The molecule has 18 heavy (non-hydrogen) atoms. The van der Waals surface area contributed by atoms with Crippen molar-refractivity contribution in [2.75, 3.05) is 12.9 Å². The van der Waals surface area contributed by atoms with Gasteiger partial charge in [-0.05, 0) is 38.0 Å². The molecule has 0 saturated heterocycles. The summed E-state index contributed by atoms with van der Waals surface area (Å²) in [4.78, 5) is 12.0. The number of esters is 1. The van der Waals surface area contributed by atoms with E-state index in [0.29, 0.717) is 18.9 Å². The Balaban J connectivity index is 2.16. The highest BCUT2D eigenvalue weighted by Crippen LogP contribution is 2.47. The van der Waals surface area contributed by atoms with Crippen molar-refractivity contribution < 1.29 is 22.1 Å². The molecular weight excluding hydrogens is 256 g/mol. The van der Waals surface area contributed by atoms with Crippen LogP contribution in [0.4, 0.5) is 0 Å². The molecule has 2 saturated carbocycles. The van der Waals surface area contributed by atoms with Gasteiger partial charge in [-0.2, -0.15) is 8.42 Å². The molecule has 2 aliphatic carbocycles. The summed E-state index contributed by atoms with van der Waals surface area (Å²) in [5.74, 6) is -0.0168. The lowest BCUT2D eigenvalue weighted by atomic mass is 9.78. The molecule has 5 nitrogen and oxygen atoms in total. The minimum atomic E-state index is -3.53. The third-order valence-electron chi connectivity index (χ3n) is 3.91. The van der Waals surface area contributed by atoms with Gasteiger partial charge in [0.15, 0.2) is 0 Å². The van der Waals surface area contributed by atoms with E-state index in [9.17, 15) is 13.2 Å². The Morgan fingerprint density at radius 2 is 2.00 bits per heavy atom. The molecule has 6 heteroatoms. The van der Waals surface area contributed by atoms with Crippen LogP contribution in [0.3, 0.4) is 0 Å². The second kappa shape index (κ2) is 5.17. The van der Waals surface area contributed by atoms with Gasteiger partial charge in [-0.3, -0.25) is 8.98 Å². The van der Waals surface area contributed by atoms with Crippen molar-refractivity contribution in [2.24, 2.45) is 17.8 Å². The molecule has 0 spiro atoms. The number of carbonyl (C=O) groups excluding carboxylic acids is 1. The Bertz CT molecular complexity index is 416. The quantitative estimate of drug-likeness (QED) is 0.572. The van der Waals surface area contributed by atoms with Gasteiger partial charge < -0.3 is 4.74 Å². The van der Waals surface area contributed by atoms with Gasteiger partial charge in [0.1, 0.15) is 0 Å². The Kier molecular flexibility index (Phi) is 3.96. The first-order chi connectivity index (χ1) is 8.40. The van der Waals surface area contributed by atoms with Crippen LogP contribution in [0.5, 0.6) is 0 Å². The molecule has 0 amide bonds. The number of hydrogen-bond acceptors (Lipinski definition) is 5. The normalized spacial score (nSPS) is 35.4. The highest BCUT2D eigenvalue weighted by Gasteiger charge is 2.47. The summed E-state index contributed by atoms with van der Waals surface area (Å²) in [6.45, 7) is 2.07. The minimum absolute atomic E-state index is 0.217. The van der Waals surface area contributed by atoms with Crippen LogP contribution in [0.1, 0.15) is 32.6 Å². The molecule has 4 atom stereocenters. The lowest BCUT2D eigenvalue weighted by Crippen LogP contribution is -2.41. The molecule has 2 bridgehead atoms. The van der Waals surface area contributed by atoms with Crippen molar-refractivity contribution in [1.29, 1.82) is 0 Å². The van der Waals surface area contributed by atoms with Gasteiger partial charge in [0.25, 0.3) is 10.1 Å². The molecule has 2 rings (SSSR count). The summed E-state index contributed by atoms with van der Waals surface area (Å²) in [5.41, 5.74) is 0. The van der Waals surface area contributed by atoms with Gasteiger partial charge in [-0.1, -0.05) is 6.42 Å². The van der Waals surface area contributed by atoms with Crippen LogP contribution in [0.25, 0.3) is 0 Å². The first-order valence-electron chi connectivity index (χ1n) is 6.45. The molecule has 0 heterocycles. The monoisotopic (exact) mass is 276 g/mol. The molecule has 3 unspecified atom stereocenters. The Morgan fingerprint density at radius 1 is 1.28 bits per heavy atom. The number of rotatable bonds is 4. The molecule has 0 aromatic heterocycles. The van der Waals surface area contributed by atoms with Crippen molar-refractivity contribution >= 4 is 16.1 Å². The van der Waals surface area contributed by atoms with E-state index < -0.39 is 22.1 Å². The fourth-order valence-electron chi connectivity index (χ4n) is 3.34. The lowest BCUT2D eigenvalue weighted by Gasteiger charge is -2.33. The molecule has 2 aliphatic rings. The van der Waals surface area contributed by atoms with E-state index in [0.717, 1.165) is 25.5 Å². The molecule has 0 radical (unpaired) electrons. The zero-order chi connectivity index (χ0) is 13.3. The molecule has 0 aliphatic heterocycles.